The fourth-order valence-corrected chi connectivity index (χ4v) is 3.34. The van der Waals surface area contributed by atoms with Crippen molar-refractivity contribution < 1.29 is 15.0 Å². The number of benzene rings is 2. The van der Waals surface area contributed by atoms with E-state index < -0.39 is 6.03 Å². The molecule has 3 rings (SSSR count). The van der Waals surface area contributed by atoms with Crippen molar-refractivity contribution in [3.63, 3.8) is 0 Å². The maximum absolute atomic E-state index is 12.0. The van der Waals surface area contributed by atoms with E-state index >= 15 is 0 Å². The van der Waals surface area contributed by atoms with Crippen molar-refractivity contribution in [2.24, 2.45) is 5.10 Å². The van der Waals surface area contributed by atoms with E-state index in [4.69, 9.17) is 0 Å². The molecule has 0 aliphatic heterocycles. The molecule has 0 saturated heterocycles. The number of rotatable bonds is 5. The first-order valence-electron chi connectivity index (χ1n) is 8.07. The molecule has 0 radical (unpaired) electrons. The first kappa shape index (κ1) is 18.6. The van der Waals surface area contributed by atoms with E-state index in [1.807, 2.05) is 26.2 Å². The molecule has 27 heavy (non-hydrogen) atoms. The third-order valence-electron chi connectivity index (χ3n) is 3.56. The summed E-state index contributed by atoms with van der Waals surface area (Å²) in [6.45, 7) is 0.829. The van der Waals surface area contributed by atoms with E-state index in [1.165, 1.54) is 41.3 Å². The van der Waals surface area contributed by atoms with Gasteiger partial charge in [0.2, 0.25) is 0 Å². The third-order valence-corrected chi connectivity index (χ3v) is 4.49. The van der Waals surface area contributed by atoms with Crippen LogP contribution in [0, 0.1) is 0 Å². The van der Waals surface area contributed by atoms with Gasteiger partial charge >= 0.3 is 6.03 Å². The second-order valence-electron chi connectivity index (χ2n) is 6.13. The monoisotopic (exact) mass is 385 g/mol. The smallest absolute Gasteiger partial charge is 0.341 e. The fraction of sp³-hybridized carbons (Fsp3) is 0.167. The number of hydrogen-bond donors (Lipinski definition) is 4. The summed E-state index contributed by atoms with van der Waals surface area (Å²) in [6, 6.07) is 9.53. The Morgan fingerprint density at radius 2 is 2.07 bits per heavy atom. The van der Waals surface area contributed by atoms with Gasteiger partial charge in [0.05, 0.1) is 16.4 Å². The number of hydrogen-bond acceptors (Lipinski definition) is 7. The lowest BCUT2D eigenvalue weighted by Gasteiger charge is -2.08. The van der Waals surface area contributed by atoms with Crippen LogP contribution in [0.15, 0.2) is 41.5 Å². The van der Waals surface area contributed by atoms with Gasteiger partial charge in [0, 0.05) is 18.2 Å². The van der Waals surface area contributed by atoms with Gasteiger partial charge in [0.25, 0.3) is 0 Å². The van der Waals surface area contributed by atoms with Crippen molar-refractivity contribution in [1.82, 2.24) is 15.3 Å². The Kier molecular flexibility index (Phi) is 5.53. The average molecular weight is 385 g/mol. The molecule has 1 aromatic heterocycles. The van der Waals surface area contributed by atoms with Crippen LogP contribution in [0.4, 0.5) is 9.93 Å². The normalized spacial score (nSPS) is 11.4. The Labute approximate surface area is 159 Å². The zero-order valence-electron chi connectivity index (χ0n) is 14.8. The van der Waals surface area contributed by atoms with Gasteiger partial charge in [-0.1, -0.05) is 17.4 Å². The Morgan fingerprint density at radius 1 is 1.26 bits per heavy atom. The summed E-state index contributed by atoms with van der Waals surface area (Å²) in [5.74, 6) is -0.194. The maximum atomic E-state index is 12.0. The molecule has 0 aliphatic rings. The molecule has 0 fully saturated rings. The fourth-order valence-electron chi connectivity index (χ4n) is 2.41. The van der Waals surface area contributed by atoms with Crippen molar-refractivity contribution in [3.05, 3.63) is 47.5 Å². The Morgan fingerprint density at radius 3 is 2.81 bits per heavy atom. The summed E-state index contributed by atoms with van der Waals surface area (Å²) >= 11 is 1.38. The maximum Gasteiger partial charge on any atom is 0.341 e. The highest BCUT2D eigenvalue weighted by Crippen LogP contribution is 2.27. The van der Waals surface area contributed by atoms with E-state index in [2.05, 4.69) is 31.8 Å². The van der Waals surface area contributed by atoms with Crippen LogP contribution < -0.4 is 10.7 Å². The Hall–Kier alpha value is -3.17. The molecule has 1 heterocycles. The van der Waals surface area contributed by atoms with Crippen LogP contribution in [0.2, 0.25) is 0 Å². The van der Waals surface area contributed by atoms with Gasteiger partial charge < -0.3 is 15.1 Å². The van der Waals surface area contributed by atoms with Gasteiger partial charge in [0.15, 0.2) is 5.13 Å². The molecular formula is C18H19N5O3S. The molecule has 9 heteroatoms. The summed E-state index contributed by atoms with van der Waals surface area (Å²) in [7, 11) is 4.01. The lowest BCUT2D eigenvalue weighted by molar-refractivity contribution is 0.252. The summed E-state index contributed by atoms with van der Waals surface area (Å²) in [5.41, 5.74) is 4.66. The predicted octanol–water partition coefficient (Wildman–Crippen LogP) is 2.92. The molecule has 4 N–H and O–H groups in total. The molecule has 0 bridgehead atoms. The van der Waals surface area contributed by atoms with Gasteiger partial charge in [-0.05, 0) is 43.9 Å². The predicted molar refractivity (Wildman–Crippen MR) is 107 cm³/mol. The topological polar surface area (TPSA) is 110 Å². The van der Waals surface area contributed by atoms with Crippen LogP contribution in [-0.2, 0) is 6.54 Å². The van der Waals surface area contributed by atoms with Gasteiger partial charge in [-0.25, -0.2) is 15.2 Å². The van der Waals surface area contributed by atoms with E-state index in [0.717, 1.165) is 16.8 Å². The zero-order chi connectivity index (χ0) is 19.4. The summed E-state index contributed by atoms with van der Waals surface area (Å²) in [4.78, 5) is 18.4. The summed E-state index contributed by atoms with van der Waals surface area (Å²) < 4.78 is 0.988. The molecule has 2 aromatic carbocycles. The number of nitrogens with zero attached hydrogens (tertiary/aromatic N) is 3. The molecule has 3 aromatic rings. The minimum absolute atomic E-state index is 0.0556. The summed E-state index contributed by atoms with van der Waals surface area (Å²) in [5, 5.41) is 25.8. The van der Waals surface area contributed by atoms with Crippen LogP contribution in [0.1, 0.15) is 11.1 Å². The minimum Gasteiger partial charge on any atom is -0.508 e. The largest absolute Gasteiger partial charge is 0.508 e. The molecular weight excluding hydrogens is 366 g/mol. The number of nitrogens with one attached hydrogen (secondary N) is 2. The number of anilines is 1. The van der Waals surface area contributed by atoms with E-state index in [9.17, 15) is 15.0 Å². The number of fused-ring (bicyclic) bond motifs is 1. The average Bonchev–Trinajstić information content (AvgIpc) is 2.97. The second-order valence-corrected chi connectivity index (χ2v) is 7.16. The molecule has 0 atom stereocenters. The van der Waals surface area contributed by atoms with Gasteiger partial charge in [-0.15, -0.1) is 0 Å². The number of amides is 2. The van der Waals surface area contributed by atoms with Crippen molar-refractivity contribution in [2.75, 3.05) is 19.4 Å². The Bertz CT molecular complexity index is 1000. The van der Waals surface area contributed by atoms with Gasteiger partial charge in [-0.2, -0.15) is 5.10 Å². The van der Waals surface area contributed by atoms with Gasteiger partial charge in [0.1, 0.15) is 11.5 Å². The number of phenolic OH excluding ortho intramolecular Hbond substituents is 2. The standard InChI is InChI=1S/C18H19N5O3S/c1-23(2)10-11-3-6-14-16(7-11)27-18(20-14)21-17(26)22-19-9-12-4-5-13(24)8-15(12)25/h3-9,24-25H,10H2,1-2H3,(H2,20,21,22,26)/b19-9+. The van der Waals surface area contributed by atoms with Crippen LogP contribution in [-0.4, -0.2) is 46.4 Å². The van der Waals surface area contributed by atoms with Crippen molar-refractivity contribution in [2.45, 2.75) is 6.54 Å². The van der Waals surface area contributed by atoms with Crippen molar-refractivity contribution >= 4 is 38.9 Å². The number of aromatic hydroxyl groups is 2. The molecule has 140 valence electrons. The first-order valence-corrected chi connectivity index (χ1v) is 8.88. The second kappa shape index (κ2) is 8.02. The molecule has 2 amide bonds. The Balaban J connectivity index is 1.62. The van der Waals surface area contributed by atoms with E-state index in [0.29, 0.717) is 10.7 Å². The number of aromatic nitrogens is 1. The first-order chi connectivity index (χ1) is 12.9. The number of urea groups is 1. The quantitative estimate of drug-likeness (QED) is 0.399. The van der Waals surface area contributed by atoms with Crippen LogP contribution in [0.3, 0.4) is 0 Å². The minimum atomic E-state index is -0.544. The highest BCUT2D eigenvalue weighted by Gasteiger charge is 2.08. The third kappa shape index (κ3) is 4.93. The number of thiazole rings is 1. The number of phenols is 2. The van der Waals surface area contributed by atoms with Gasteiger partial charge in [-0.3, -0.25) is 5.32 Å². The number of carbonyl (C=O) groups excluding carboxylic acids is 1. The number of hydrazone groups is 1. The van der Waals surface area contributed by atoms with Crippen molar-refractivity contribution in [3.8, 4) is 11.5 Å². The molecule has 0 unspecified atom stereocenters. The van der Waals surface area contributed by atoms with Crippen molar-refractivity contribution in [1.29, 1.82) is 0 Å². The summed E-state index contributed by atoms with van der Waals surface area (Å²) in [6.07, 6.45) is 1.28. The van der Waals surface area contributed by atoms with Crippen LogP contribution in [0.5, 0.6) is 11.5 Å². The highest BCUT2D eigenvalue weighted by molar-refractivity contribution is 7.22. The zero-order valence-corrected chi connectivity index (χ0v) is 15.6. The molecule has 0 aliphatic carbocycles. The SMILES string of the molecule is CN(C)Cc1ccc2nc(NC(=O)N/N=C/c3ccc(O)cc3O)sc2c1. The molecule has 8 nitrogen and oxygen atoms in total. The van der Waals surface area contributed by atoms with E-state index in [1.54, 1.807) is 0 Å². The van der Waals surface area contributed by atoms with Crippen LogP contribution in [0.25, 0.3) is 10.2 Å². The van der Waals surface area contributed by atoms with E-state index in [-0.39, 0.29) is 11.5 Å². The molecule has 0 spiro atoms. The van der Waals surface area contributed by atoms with Crippen LogP contribution >= 0.6 is 11.3 Å². The molecule has 0 saturated carbocycles. The number of carbonyl (C=O) groups is 1. The lowest BCUT2D eigenvalue weighted by atomic mass is 10.2. The lowest BCUT2D eigenvalue weighted by Crippen LogP contribution is -2.24. The highest BCUT2D eigenvalue weighted by atomic mass is 32.1.